The van der Waals surface area contributed by atoms with E-state index in [1.807, 2.05) is 22.6 Å². The second-order valence-electron chi connectivity index (χ2n) is 2.90. The predicted octanol–water partition coefficient (Wildman–Crippen LogP) is 1.74. The van der Waals surface area contributed by atoms with Crippen LogP contribution in [0.1, 0.15) is 10.4 Å². The van der Waals surface area contributed by atoms with Gasteiger partial charge in [0.15, 0.2) is 0 Å². The number of hydrogen-bond donors (Lipinski definition) is 1. The number of carbonyl (C=O) groups is 1. The Morgan fingerprint density at radius 2 is 2.25 bits per heavy atom. The molecule has 0 radical (unpaired) electrons. The molecule has 0 aromatic heterocycles. The Labute approximate surface area is 106 Å². The largest absolute Gasteiger partial charge is 0.382 e. The molecule has 0 saturated heterocycles. The molecular formula is C10H11FINO3. The average Bonchev–Trinajstić information content (AvgIpc) is 2.24. The molecule has 4 nitrogen and oxygen atoms in total. The van der Waals surface area contributed by atoms with Crippen molar-refractivity contribution in [2.45, 2.75) is 0 Å². The van der Waals surface area contributed by atoms with E-state index in [1.165, 1.54) is 25.3 Å². The fraction of sp³-hybridized carbons (Fsp3) is 0.300. The number of rotatable bonds is 5. The Bertz CT molecular complexity index is 373. The molecule has 0 aliphatic carbocycles. The van der Waals surface area contributed by atoms with Crippen molar-refractivity contribution in [2.75, 3.05) is 20.3 Å². The van der Waals surface area contributed by atoms with Crippen molar-refractivity contribution >= 4 is 28.5 Å². The number of nitrogens with one attached hydrogen (secondary N) is 1. The molecule has 1 amide bonds. The Balaban J connectivity index is 2.53. The third-order valence-electron chi connectivity index (χ3n) is 1.73. The van der Waals surface area contributed by atoms with Crippen LogP contribution in [0.3, 0.4) is 0 Å². The van der Waals surface area contributed by atoms with Crippen LogP contribution in [0.5, 0.6) is 0 Å². The first-order valence-electron chi connectivity index (χ1n) is 4.51. The van der Waals surface area contributed by atoms with Gasteiger partial charge in [-0.05, 0) is 40.8 Å². The average molecular weight is 339 g/mol. The zero-order valence-electron chi connectivity index (χ0n) is 8.63. The van der Waals surface area contributed by atoms with Crippen LogP contribution in [0.25, 0.3) is 0 Å². The van der Waals surface area contributed by atoms with E-state index in [1.54, 1.807) is 0 Å². The zero-order chi connectivity index (χ0) is 12.0. The Hall–Kier alpha value is -0.730. The van der Waals surface area contributed by atoms with Gasteiger partial charge in [0.1, 0.15) is 5.82 Å². The maximum Gasteiger partial charge on any atom is 0.275 e. The summed E-state index contributed by atoms with van der Waals surface area (Å²) in [6.07, 6.45) is 0. The molecule has 0 fully saturated rings. The first-order chi connectivity index (χ1) is 7.65. The summed E-state index contributed by atoms with van der Waals surface area (Å²) in [6.45, 7) is 0.654. The number of ether oxygens (including phenoxy) is 1. The molecule has 1 aromatic rings. The molecule has 0 spiro atoms. The van der Waals surface area contributed by atoms with Crippen LogP contribution in [0.15, 0.2) is 18.2 Å². The molecule has 0 unspecified atom stereocenters. The van der Waals surface area contributed by atoms with Crippen LogP contribution in [-0.2, 0) is 9.57 Å². The van der Waals surface area contributed by atoms with E-state index in [2.05, 4.69) is 5.48 Å². The van der Waals surface area contributed by atoms with Gasteiger partial charge in [0.25, 0.3) is 5.91 Å². The van der Waals surface area contributed by atoms with Gasteiger partial charge < -0.3 is 4.74 Å². The van der Waals surface area contributed by atoms with Gasteiger partial charge in [-0.2, -0.15) is 0 Å². The normalized spacial score (nSPS) is 10.2. The highest BCUT2D eigenvalue weighted by molar-refractivity contribution is 14.1. The first kappa shape index (κ1) is 13.3. The summed E-state index contributed by atoms with van der Waals surface area (Å²) in [7, 11) is 1.54. The number of carbonyl (C=O) groups excluding carboxylic acids is 1. The summed E-state index contributed by atoms with van der Waals surface area (Å²) >= 11 is 1.89. The maximum absolute atomic E-state index is 12.8. The molecule has 1 N–H and O–H groups in total. The van der Waals surface area contributed by atoms with Crippen LogP contribution in [0.2, 0.25) is 0 Å². The predicted molar refractivity (Wildman–Crippen MR) is 64.4 cm³/mol. The lowest BCUT2D eigenvalue weighted by Crippen LogP contribution is -2.26. The Morgan fingerprint density at radius 1 is 1.50 bits per heavy atom. The van der Waals surface area contributed by atoms with E-state index in [-0.39, 0.29) is 12.4 Å². The Morgan fingerprint density at radius 3 is 2.88 bits per heavy atom. The molecule has 0 aliphatic rings. The lowest BCUT2D eigenvalue weighted by Gasteiger charge is -2.06. The Kier molecular flexibility index (Phi) is 5.64. The molecule has 1 rings (SSSR count). The van der Waals surface area contributed by atoms with E-state index in [0.29, 0.717) is 15.7 Å². The van der Waals surface area contributed by atoms with Crippen molar-refractivity contribution < 1.29 is 18.8 Å². The molecule has 0 atom stereocenters. The van der Waals surface area contributed by atoms with Crippen LogP contribution in [0, 0.1) is 9.39 Å². The van der Waals surface area contributed by atoms with Crippen molar-refractivity contribution in [1.29, 1.82) is 0 Å². The van der Waals surface area contributed by atoms with Gasteiger partial charge in [0.2, 0.25) is 0 Å². The first-order valence-corrected chi connectivity index (χ1v) is 5.59. The SMILES string of the molecule is COCCONC(=O)c1ccc(F)cc1I. The zero-order valence-corrected chi connectivity index (χ0v) is 10.8. The lowest BCUT2D eigenvalue weighted by atomic mass is 10.2. The molecule has 1 aromatic carbocycles. The quantitative estimate of drug-likeness (QED) is 0.505. The topological polar surface area (TPSA) is 47.6 Å². The summed E-state index contributed by atoms with van der Waals surface area (Å²) in [5.41, 5.74) is 2.62. The molecule has 0 bridgehead atoms. The summed E-state index contributed by atoms with van der Waals surface area (Å²) in [6, 6.07) is 3.92. The minimum Gasteiger partial charge on any atom is -0.382 e. The van der Waals surface area contributed by atoms with E-state index in [0.717, 1.165) is 0 Å². The summed E-state index contributed by atoms with van der Waals surface area (Å²) < 4.78 is 18.1. The number of benzene rings is 1. The second-order valence-corrected chi connectivity index (χ2v) is 4.06. The van der Waals surface area contributed by atoms with Gasteiger partial charge in [0.05, 0.1) is 18.8 Å². The summed E-state index contributed by atoms with van der Waals surface area (Å²) in [5, 5.41) is 0. The van der Waals surface area contributed by atoms with Gasteiger partial charge in [-0.15, -0.1) is 0 Å². The highest BCUT2D eigenvalue weighted by atomic mass is 127. The van der Waals surface area contributed by atoms with E-state index in [4.69, 9.17) is 9.57 Å². The fourth-order valence-electron chi connectivity index (χ4n) is 0.970. The number of amides is 1. The van der Waals surface area contributed by atoms with Crippen LogP contribution in [-0.4, -0.2) is 26.2 Å². The number of hydroxylamine groups is 1. The molecule has 0 heterocycles. The number of hydrogen-bond acceptors (Lipinski definition) is 3. The summed E-state index contributed by atoms with van der Waals surface area (Å²) in [5.74, 6) is -0.776. The fourth-order valence-corrected chi connectivity index (χ4v) is 1.69. The van der Waals surface area contributed by atoms with Gasteiger partial charge in [0, 0.05) is 10.7 Å². The highest BCUT2D eigenvalue weighted by Gasteiger charge is 2.10. The number of halogens is 2. The van der Waals surface area contributed by atoms with Crippen molar-refractivity contribution in [1.82, 2.24) is 5.48 Å². The smallest absolute Gasteiger partial charge is 0.275 e. The molecule has 88 valence electrons. The minimum absolute atomic E-state index is 0.264. The molecule has 6 heteroatoms. The third-order valence-corrected chi connectivity index (χ3v) is 2.62. The summed E-state index contributed by atoms with van der Waals surface area (Å²) in [4.78, 5) is 16.4. The van der Waals surface area contributed by atoms with Crippen molar-refractivity contribution in [3.8, 4) is 0 Å². The minimum atomic E-state index is -0.402. The van der Waals surface area contributed by atoms with Crippen LogP contribution < -0.4 is 5.48 Å². The highest BCUT2D eigenvalue weighted by Crippen LogP contribution is 2.13. The van der Waals surface area contributed by atoms with Gasteiger partial charge in [-0.25, -0.2) is 9.87 Å². The molecule has 16 heavy (non-hydrogen) atoms. The van der Waals surface area contributed by atoms with E-state index in [9.17, 15) is 9.18 Å². The van der Waals surface area contributed by atoms with Gasteiger partial charge in [-0.3, -0.25) is 9.63 Å². The van der Waals surface area contributed by atoms with E-state index >= 15 is 0 Å². The lowest BCUT2D eigenvalue weighted by molar-refractivity contribution is 0.00883. The van der Waals surface area contributed by atoms with E-state index < -0.39 is 5.91 Å². The van der Waals surface area contributed by atoms with Gasteiger partial charge in [-0.1, -0.05) is 0 Å². The molecule has 0 saturated carbocycles. The second kappa shape index (κ2) is 6.77. The number of methoxy groups -OCH3 is 1. The molecular weight excluding hydrogens is 328 g/mol. The molecule has 0 aliphatic heterocycles. The van der Waals surface area contributed by atoms with Crippen molar-refractivity contribution in [3.63, 3.8) is 0 Å². The maximum atomic E-state index is 12.8. The standard InChI is InChI=1S/C10H11FINO3/c1-15-4-5-16-13-10(14)8-3-2-7(11)6-9(8)12/h2-3,6H,4-5H2,1H3,(H,13,14). The van der Waals surface area contributed by atoms with Crippen LogP contribution >= 0.6 is 22.6 Å². The monoisotopic (exact) mass is 339 g/mol. The third kappa shape index (κ3) is 4.03. The van der Waals surface area contributed by atoms with Crippen molar-refractivity contribution in [3.05, 3.63) is 33.1 Å². The van der Waals surface area contributed by atoms with Crippen molar-refractivity contribution in [2.24, 2.45) is 0 Å². The van der Waals surface area contributed by atoms with Gasteiger partial charge >= 0.3 is 0 Å². The van der Waals surface area contributed by atoms with Crippen LogP contribution in [0.4, 0.5) is 4.39 Å².